The molecule has 5 heteroatoms. The number of aromatic nitrogens is 3. The molecule has 2 aromatic heterocycles. The molecule has 5 nitrogen and oxygen atoms in total. The molecular weight excluding hydrogens is 386 g/mol. The van der Waals surface area contributed by atoms with Crippen LogP contribution in [0.2, 0.25) is 0 Å². The predicted octanol–water partition coefficient (Wildman–Crippen LogP) is 5.50. The lowest BCUT2D eigenvalue weighted by Gasteiger charge is -2.12. The van der Waals surface area contributed by atoms with E-state index in [4.69, 9.17) is 4.74 Å². The van der Waals surface area contributed by atoms with Gasteiger partial charge in [-0.1, -0.05) is 36.4 Å². The number of rotatable bonds is 4. The van der Waals surface area contributed by atoms with E-state index in [1.807, 2.05) is 84.5 Å². The first kappa shape index (κ1) is 18.9. The van der Waals surface area contributed by atoms with Gasteiger partial charge in [0.25, 0.3) is 5.91 Å². The Morgan fingerprint density at radius 3 is 2.55 bits per heavy atom. The Morgan fingerprint density at radius 2 is 1.81 bits per heavy atom. The van der Waals surface area contributed by atoms with Crippen LogP contribution in [-0.4, -0.2) is 27.1 Å². The van der Waals surface area contributed by atoms with Crippen molar-refractivity contribution in [1.82, 2.24) is 14.1 Å². The van der Waals surface area contributed by atoms with Crippen molar-refractivity contribution in [2.24, 2.45) is 0 Å². The number of carbonyl (C=O) groups excluding carboxylic acids is 1. The molecule has 3 aromatic carbocycles. The minimum Gasteiger partial charge on any atom is -0.495 e. The van der Waals surface area contributed by atoms with Gasteiger partial charge in [0, 0.05) is 23.3 Å². The van der Waals surface area contributed by atoms with Crippen molar-refractivity contribution >= 4 is 16.8 Å². The fraction of sp³-hybridized carbons (Fsp3) is 0.0769. The molecule has 0 amide bonds. The molecule has 0 radical (unpaired) electrons. The number of aryl methyl sites for hydroxylation is 1. The first-order chi connectivity index (χ1) is 15.2. The van der Waals surface area contributed by atoms with Crippen LogP contribution < -0.4 is 4.74 Å². The van der Waals surface area contributed by atoms with Gasteiger partial charge in [-0.2, -0.15) is 0 Å². The van der Waals surface area contributed by atoms with E-state index in [0.29, 0.717) is 5.56 Å². The molecule has 0 N–H and O–H groups in total. The molecule has 2 heterocycles. The van der Waals surface area contributed by atoms with E-state index in [1.165, 1.54) is 0 Å². The predicted molar refractivity (Wildman–Crippen MR) is 122 cm³/mol. The van der Waals surface area contributed by atoms with Crippen LogP contribution in [0.25, 0.3) is 27.7 Å². The smallest absolute Gasteiger partial charge is 0.262 e. The quantitative estimate of drug-likeness (QED) is 0.395. The third-order valence-corrected chi connectivity index (χ3v) is 5.45. The zero-order valence-corrected chi connectivity index (χ0v) is 17.3. The van der Waals surface area contributed by atoms with E-state index in [1.54, 1.807) is 18.0 Å². The van der Waals surface area contributed by atoms with Crippen LogP contribution in [0.15, 0.2) is 91.5 Å². The Hall–Kier alpha value is -4.12. The number of ether oxygens (including phenoxy) is 1. The maximum absolute atomic E-state index is 13.0. The minimum atomic E-state index is -0.0452. The van der Waals surface area contributed by atoms with Gasteiger partial charge in [-0.15, -0.1) is 0 Å². The van der Waals surface area contributed by atoms with Crippen LogP contribution in [-0.2, 0) is 0 Å². The van der Waals surface area contributed by atoms with Gasteiger partial charge in [0.05, 0.1) is 30.3 Å². The molecule has 0 aliphatic heterocycles. The van der Waals surface area contributed by atoms with Gasteiger partial charge >= 0.3 is 0 Å². The zero-order valence-electron chi connectivity index (χ0n) is 17.3. The maximum atomic E-state index is 13.0. The summed E-state index contributed by atoms with van der Waals surface area (Å²) in [7, 11) is 1.67. The van der Waals surface area contributed by atoms with E-state index >= 15 is 0 Å². The number of hydrogen-bond donors (Lipinski definition) is 0. The summed E-state index contributed by atoms with van der Waals surface area (Å²) in [6.45, 7) is 1.96. The Kier molecular flexibility index (Phi) is 4.64. The number of fused-ring (bicyclic) bond motifs is 1. The van der Waals surface area contributed by atoms with Crippen molar-refractivity contribution in [3.63, 3.8) is 0 Å². The summed E-state index contributed by atoms with van der Waals surface area (Å²) in [6, 6.07) is 23.4. The first-order valence-corrected chi connectivity index (χ1v) is 10.0. The summed E-state index contributed by atoms with van der Waals surface area (Å²) < 4.78 is 9.33. The Balaban J connectivity index is 1.60. The highest BCUT2D eigenvalue weighted by atomic mass is 16.5. The van der Waals surface area contributed by atoms with Crippen molar-refractivity contribution in [2.45, 2.75) is 6.92 Å². The monoisotopic (exact) mass is 407 g/mol. The largest absolute Gasteiger partial charge is 0.495 e. The fourth-order valence-electron chi connectivity index (χ4n) is 3.93. The molecule has 152 valence electrons. The molecule has 0 spiro atoms. The minimum absolute atomic E-state index is 0.0452. The number of carbonyl (C=O) groups is 1. The zero-order chi connectivity index (χ0) is 21.4. The average Bonchev–Trinajstić information content (AvgIpc) is 3.45. The summed E-state index contributed by atoms with van der Waals surface area (Å²) in [6.07, 6.45) is 5.58. The number of hydrogen-bond acceptors (Lipinski definition) is 3. The van der Waals surface area contributed by atoms with E-state index in [9.17, 15) is 4.79 Å². The topological polar surface area (TPSA) is 49.0 Å². The fourth-order valence-corrected chi connectivity index (χ4v) is 3.93. The average molecular weight is 407 g/mol. The van der Waals surface area contributed by atoms with E-state index in [2.05, 4.69) is 17.1 Å². The Morgan fingerprint density at radius 1 is 0.968 bits per heavy atom. The Labute approximate surface area is 180 Å². The number of methoxy groups -OCH3 is 1. The lowest BCUT2D eigenvalue weighted by molar-refractivity contribution is 0.0965. The summed E-state index contributed by atoms with van der Waals surface area (Å²) in [4.78, 5) is 17.3. The highest BCUT2D eigenvalue weighted by Crippen LogP contribution is 2.34. The molecule has 0 aliphatic rings. The number of benzene rings is 3. The lowest BCUT2D eigenvalue weighted by Crippen LogP contribution is -2.10. The molecule has 0 saturated heterocycles. The van der Waals surface area contributed by atoms with Gasteiger partial charge in [-0.3, -0.25) is 9.36 Å². The molecule has 0 atom stereocenters. The van der Waals surface area contributed by atoms with Crippen LogP contribution in [0.4, 0.5) is 0 Å². The second-order valence-corrected chi connectivity index (χ2v) is 7.40. The highest BCUT2D eigenvalue weighted by molar-refractivity contribution is 6.05. The highest BCUT2D eigenvalue weighted by Gasteiger charge is 2.15. The van der Waals surface area contributed by atoms with Crippen molar-refractivity contribution in [2.75, 3.05) is 7.11 Å². The third-order valence-electron chi connectivity index (χ3n) is 5.45. The van der Waals surface area contributed by atoms with Gasteiger partial charge in [-0.05, 0) is 54.4 Å². The summed E-state index contributed by atoms with van der Waals surface area (Å²) in [5.74, 6) is 0.711. The van der Waals surface area contributed by atoms with Gasteiger partial charge in [-0.25, -0.2) is 4.98 Å². The number of imidazole rings is 1. The van der Waals surface area contributed by atoms with Crippen molar-refractivity contribution in [3.8, 4) is 22.6 Å². The van der Waals surface area contributed by atoms with Crippen LogP contribution in [0, 0.1) is 6.92 Å². The van der Waals surface area contributed by atoms with Crippen LogP contribution in [0.5, 0.6) is 5.75 Å². The van der Waals surface area contributed by atoms with Crippen LogP contribution in [0.1, 0.15) is 16.1 Å². The van der Waals surface area contributed by atoms with Crippen molar-refractivity contribution in [1.29, 1.82) is 0 Å². The van der Waals surface area contributed by atoms with Crippen molar-refractivity contribution < 1.29 is 9.53 Å². The second-order valence-electron chi connectivity index (χ2n) is 7.40. The molecular formula is C26H21N3O2. The van der Waals surface area contributed by atoms with Gasteiger partial charge in [0.15, 0.2) is 0 Å². The Bertz CT molecular complexity index is 1400. The molecule has 31 heavy (non-hydrogen) atoms. The second kappa shape index (κ2) is 7.61. The van der Waals surface area contributed by atoms with E-state index < -0.39 is 0 Å². The molecule has 5 rings (SSSR count). The maximum Gasteiger partial charge on any atom is 0.262 e. The van der Waals surface area contributed by atoms with Gasteiger partial charge < -0.3 is 9.30 Å². The number of nitrogens with zero attached hydrogens (tertiary/aromatic N) is 3. The summed E-state index contributed by atoms with van der Waals surface area (Å²) in [5.41, 5.74) is 5.47. The SMILES string of the molecule is COc1cc(-c2cccc3c2ccn3C(=O)c2ccccc2)ccc1-n1cnc(C)c1. The summed E-state index contributed by atoms with van der Waals surface area (Å²) >= 11 is 0. The lowest BCUT2D eigenvalue weighted by atomic mass is 10.0. The third kappa shape index (κ3) is 3.30. The first-order valence-electron chi connectivity index (χ1n) is 10.0. The molecule has 5 aromatic rings. The van der Waals surface area contributed by atoms with Crippen molar-refractivity contribution in [3.05, 3.63) is 103 Å². The van der Waals surface area contributed by atoms with Crippen LogP contribution >= 0.6 is 0 Å². The van der Waals surface area contributed by atoms with Gasteiger partial charge in [0.1, 0.15) is 5.75 Å². The van der Waals surface area contributed by atoms with E-state index in [-0.39, 0.29) is 5.91 Å². The standard InChI is InChI=1S/C26H21N3O2/c1-18-16-28(17-27-18)24-12-11-20(15-25(24)31-2)21-9-6-10-23-22(21)13-14-29(23)26(30)19-7-4-3-5-8-19/h3-17H,1-2H3. The van der Waals surface area contributed by atoms with Gasteiger partial charge in [0.2, 0.25) is 0 Å². The van der Waals surface area contributed by atoms with Crippen LogP contribution in [0.3, 0.4) is 0 Å². The normalized spacial score (nSPS) is 11.0. The molecule has 0 aliphatic carbocycles. The summed E-state index contributed by atoms with van der Waals surface area (Å²) in [5, 5.41) is 1.01. The molecule has 0 saturated carbocycles. The molecule has 0 unspecified atom stereocenters. The van der Waals surface area contributed by atoms with E-state index in [0.717, 1.165) is 39.2 Å². The molecule has 0 fully saturated rings. The molecule has 0 bridgehead atoms.